The van der Waals surface area contributed by atoms with Gasteiger partial charge in [-0.3, -0.25) is 14.4 Å². The van der Waals surface area contributed by atoms with Gasteiger partial charge >= 0.3 is 5.97 Å². The molecule has 2 unspecified atom stereocenters. The minimum absolute atomic E-state index is 0.00600. The Morgan fingerprint density at radius 1 is 1.52 bits per heavy atom. The third-order valence-electron chi connectivity index (χ3n) is 4.81. The van der Waals surface area contributed by atoms with Gasteiger partial charge in [0, 0.05) is 17.8 Å². The van der Waals surface area contributed by atoms with E-state index in [2.05, 4.69) is 6.92 Å². The molecule has 2 fully saturated rings. The Bertz CT molecular complexity index is 485. The van der Waals surface area contributed by atoms with Crippen molar-refractivity contribution in [3.63, 3.8) is 0 Å². The van der Waals surface area contributed by atoms with Gasteiger partial charge in [0.15, 0.2) is 11.9 Å². The van der Waals surface area contributed by atoms with E-state index in [4.69, 9.17) is 9.47 Å². The maximum Gasteiger partial charge on any atom is 0.306 e. The lowest BCUT2D eigenvalue weighted by molar-refractivity contribution is -0.172. The molecule has 1 heterocycles. The molecule has 2 rings (SSSR count). The highest BCUT2D eigenvalue weighted by molar-refractivity contribution is 5.91. The lowest BCUT2D eigenvalue weighted by Crippen LogP contribution is -2.40. The van der Waals surface area contributed by atoms with Crippen molar-refractivity contribution >= 4 is 18.2 Å². The number of carbonyl (C=O) groups is 3. The van der Waals surface area contributed by atoms with E-state index in [1.807, 2.05) is 6.92 Å². The number of carbonyl (C=O) groups excluding carboxylic acids is 3. The lowest BCUT2D eigenvalue weighted by Gasteiger charge is -2.25. The fraction of sp³-hybridized carbons (Fsp3) is 0.706. The minimum atomic E-state index is -0.875. The van der Waals surface area contributed by atoms with Gasteiger partial charge in [0.2, 0.25) is 0 Å². The fourth-order valence-corrected chi connectivity index (χ4v) is 3.42. The normalized spacial score (nSPS) is 34.2. The molecule has 6 nitrogen and oxygen atoms in total. The molecule has 0 spiro atoms. The summed E-state index contributed by atoms with van der Waals surface area (Å²) >= 11 is 0. The summed E-state index contributed by atoms with van der Waals surface area (Å²) in [4.78, 5) is 34.4. The van der Waals surface area contributed by atoms with E-state index in [1.54, 1.807) is 6.08 Å². The van der Waals surface area contributed by atoms with Crippen LogP contribution in [0.1, 0.15) is 39.5 Å². The van der Waals surface area contributed by atoms with Crippen LogP contribution in [0.2, 0.25) is 0 Å². The third kappa shape index (κ3) is 3.80. The molecule has 1 saturated carbocycles. The molecule has 128 valence electrons. The molecule has 23 heavy (non-hydrogen) atoms. The van der Waals surface area contributed by atoms with Crippen molar-refractivity contribution in [3.8, 4) is 0 Å². The number of allylic oxidation sites excluding steroid dienone is 1. The molecule has 1 aliphatic carbocycles. The van der Waals surface area contributed by atoms with Crippen LogP contribution in [-0.4, -0.2) is 41.6 Å². The average molecular weight is 324 g/mol. The van der Waals surface area contributed by atoms with Crippen molar-refractivity contribution in [2.75, 3.05) is 0 Å². The van der Waals surface area contributed by atoms with Gasteiger partial charge in [-0.1, -0.05) is 32.8 Å². The van der Waals surface area contributed by atoms with Gasteiger partial charge in [0.05, 0.1) is 12.5 Å². The smallest absolute Gasteiger partial charge is 0.306 e. The zero-order valence-corrected chi connectivity index (χ0v) is 13.5. The number of hydrogen-bond donors (Lipinski definition) is 1. The quantitative estimate of drug-likeness (QED) is 0.412. The van der Waals surface area contributed by atoms with Crippen LogP contribution in [0.15, 0.2) is 12.2 Å². The van der Waals surface area contributed by atoms with Crippen LogP contribution >= 0.6 is 0 Å². The molecule has 0 amide bonds. The summed E-state index contributed by atoms with van der Waals surface area (Å²) < 4.78 is 10.1. The van der Waals surface area contributed by atoms with E-state index in [0.29, 0.717) is 6.47 Å². The predicted molar refractivity (Wildman–Crippen MR) is 81.3 cm³/mol. The van der Waals surface area contributed by atoms with Crippen LogP contribution in [-0.2, 0) is 23.9 Å². The summed E-state index contributed by atoms with van der Waals surface area (Å²) in [5.74, 6) is -1.26. The standard InChI is InChI=1S/C17H24O6/c1-3-4-5-10(2)13(19)7-6-11-12-8-14(20)23-17(15(12)21)16(11)22-9-18/h6-7,9-12,15-17,21H,3-5,8H2,1-2H3/t10?,11-,12+,15-,16+,17?/m1/s1. The second kappa shape index (κ2) is 7.73. The number of aliphatic hydroxyl groups excluding tert-OH is 1. The Kier molecular flexibility index (Phi) is 5.93. The summed E-state index contributed by atoms with van der Waals surface area (Å²) in [5, 5.41) is 10.2. The van der Waals surface area contributed by atoms with Gasteiger partial charge in [-0.2, -0.15) is 0 Å². The van der Waals surface area contributed by atoms with Crippen LogP contribution in [0.4, 0.5) is 0 Å². The summed E-state index contributed by atoms with van der Waals surface area (Å²) in [6.07, 6.45) is 3.60. The number of esters is 1. The van der Waals surface area contributed by atoms with Crippen molar-refractivity contribution in [3.05, 3.63) is 12.2 Å². The molecule has 0 aromatic rings. The first kappa shape index (κ1) is 17.7. The number of rotatable bonds is 8. The van der Waals surface area contributed by atoms with Gasteiger partial charge in [-0.25, -0.2) is 0 Å². The molecule has 0 aromatic heterocycles. The van der Waals surface area contributed by atoms with Gasteiger partial charge in [-0.05, 0) is 12.5 Å². The monoisotopic (exact) mass is 324 g/mol. The first-order valence-electron chi connectivity index (χ1n) is 8.18. The maximum absolute atomic E-state index is 12.2. The average Bonchev–Trinajstić information content (AvgIpc) is 2.68. The Morgan fingerprint density at radius 3 is 2.91 bits per heavy atom. The lowest BCUT2D eigenvalue weighted by atomic mass is 9.89. The van der Waals surface area contributed by atoms with E-state index >= 15 is 0 Å². The maximum atomic E-state index is 12.2. The molecular formula is C17H24O6. The fourth-order valence-electron chi connectivity index (χ4n) is 3.42. The van der Waals surface area contributed by atoms with Gasteiger partial charge < -0.3 is 14.6 Å². The van der Waals surface area contributed by atoms with E-state index in [0.717, 1.165) is 19.3 Å². The minimum Gasteiger partial charge on any atom is -0.460 e. The molecule has 6 atom stereocenters. The van der Waals surface area contributed by atoms with Crippen molar-refractivity contribution in [2.24, 2.45) is 17.8 Å². The van der Waals surface area contributed by atoms with Gasteiger partial charge in [0.25, 0.3) is 6.47 Å². The molecular weight excluding hydrogens is 300 g/mol. The Hall–Kier alpha value is -1.69. The number of ketones is 1. The number of unbranched alkanes of at least 4 members (excludes halogenated alkanes) is 1. The largest absolute Gasteiger partial charge is 0.460 e. The van der Waals surface area contributed by atoms with Crippen LogP contribution < -0.4 is 0 Å². The Labute approximate surface area is 135 Å². The number of hydrogen-bond acceptors (Lipinski definition) is 6. The zero-order chi connectivity index (χ0) is 17.0. The van der Waals surface area contributed by atoms with E-state index in [1.165, 1.54) is 6.08 Å². The molecule has 1 aliphatic heterocycles. The summed E-state index contributed by atoms with van der Waals surface area (Å²) in [5.41, 5.74) is 0. The van der Waals surface area contributed by atoms with E-state index in [9.17, 15) is 19.5 Å². The third-order valence-corrected chi connectivity index (χ3v) is 4.81. The number of ether oxygens (including phenoxy) is 2. The van der Waals surface area contributed by atoms with Crippen molar-refractivity contribution in [1.29, 1.82) is 0 Å². The molecule has 1 N–H and O–H groups in total. The second-order valence-corrected chi connectivity index (χ2v) is 6.39. The van der Waals surface area contributed by atoms with E-state index in [-0.39, 0.29) is 24.0 Å². The SMILES string of the molecule is CCCCC(C)C(=O)C=C[C@@H]1[C@@H]2CC(=O)OC([C@H]1OC=O)[C@@H]2O. The second-order valence-electron chi connectivity index (χ2n) is 6.39. The molecule has 0 radical (unpaired) electrons. The molecule has 6 heteroatoms. The Morgan fingerprint density at radius 2 is 2.26 bits per heavy atom. The molecule has 1 saturated heterocycles. The Balaban J connectivity index is 2.09. The number of fused-ring (bicyclic) bond motifs is 2. The first-order valence-corrected chi connectivity index (χ1v) is 8.18. The topological polar surface area (TPSA) is 89.9 Å². The van der Waals surface area contributed by atoms with Crippen LogP contribution in [0, 0.1) is 17.8 Å². The van der Waals surface area contributed by atoms with Crippen molar-refractivity contribution in [2.45, 2.75) is 57.8 Å². The van der Waals surface area contributed by atoms with Gasteiger partial charge in [-0.15, -0.1) is 0 Å². The highest BCUT2D eigenvalue weighted by atomic mass is 16.6. The summed E-state index contributed by atoms with van der Waals surface area (Å²) in [6.45, 7) is 4.25. The summed E-state index contributed by atoms with van der Waals surface area (Å²) in [6, 6.07) is 0. The zero-order valence-electron chi connectivity index (χ0n) is 13.5. The molecule has 2 bridgehead atoms. The van der Waals surface area contributed by atoms with Crippen molar-refractivity contribution < 1.29 is 29.0 Å². The molecule has 2 aliphatic rings. The first-order chi connectivity index (χ1) is 11.0. The predicted octanol–water partition coefficient (Wildman–Crippen LogP) is 1.40. The van der Waals surface area contributed by atoms with Crippen LogP contribution in [0.5, 0.6) is 0 Å². The highest BCUT2D eigenvalue weighted by Gasteiger charge is 2.56. The van der Waals surface area contributed by atoms with Crippen LogP contribution in [0.3, 0.4) is 0 Å². The molecule has 0 aromatic carbocycles. The van der Waals surface area contributed by atoms with E-state index < -0.39 is 30.2 Å². The summed E-state index contributed by atoms with van der Waals surface area (Å²) in [7, 11) is 0. The van der Waals surface area contributed by atoms with Gasteiger partial charge in [0.1, 0.15) is 6.10 Å². The van der Waals surface area contributed by atoms with Crippen molar-refractivity contribution in [1.82, 2.24) is 0 Å². The highest BCUT2D eigenvalue weighted by Crippen LogP contribution is 2.43. The number of aliphatic hydroxyl groups is 1. The van der Waals surface area contributed by atoms with Crippen LogP contribution in [0.25, 0.3) is 0 Å².